The molecule has 0 aliphatic rings. The van der Waals surface area contributed by atoms with Crippen molar-refractivity contribution in [1.29, 1.82) is 0 Å². The van der Waals surface area contributed by atoms with Crippen LogP contribution in [0.3, 0.4) is 0 Å². The summed E-state index contributed by atoms with van der Waals surface area (Å²) in [5.41, 5.74) is 1.68. The van der Waals surface area contributed by atoms with E-state index in [0.717, 1.165) is 10.8 Å². The molecule has 6 nitrogen and oxygen atoms in total. The fourth-order valence-electron chi connectivity index (χ4n) is 3.24. The molecule has 26 heavy (non-hydrogen) atoms. The van der Waals surface area contributed by atoms with Gasteiger partial charge in [0, 0.05) is 10.8 Å². The Morgan fingerprint density at radius 1 is 1.04 bits per heavy atom. The van der Waals surface area contributed by atoms with Crippen LogP contribution in [0.4, 0.5) is 0 Å². The molecule has 0 unspecified atom stereocenters. The average molecular weight is 354 g/mol. The second-order valence-electron chi connectivity index (χ2n) is 6.22. The quantitative estimate of drug-likeness (QED) is 0.649. The van der Waals surface area contributed by atoms with E-state index in [9.17, 15) is 9.59 Å². The molecule has 2 aromatic heterocycles. The molecule has 0 amide bonds. The predicted molar refractivity (Wildman–Crippen MR) is 98.7 cm³/mol. The molecular formula is C20H22N2O4. The van der Waals surface area contributed by atoms with Gasteiger partial charge in [-0.1, -0.05) is 38.1 Å². The Balaban J connectivity index is 2.50. The molecule has 0 fully saturated rings. The lowest BCUT2D eigenvalue weighted by Crippen LogP contribution is -2.14. The Morgan fingerprint density at radius 2 is 1.65 bits per heavy atom. The van der Waals surface area contributed by atoms with Crippen molar-refractivity contribution < 1.29 is 19.1 Å². The third kappa shape index (κ3) is 2.81. The van der Waals surface area contributed by atoms with E-state index in [0.29, 0.717) is 11.2 Å². The zero-order chi connectivity index (χ0) is 18.8. The van der Waals surface area contributed by atoms with Crippen LogP contribution >= 0.6 is 0 Å². The zero-order valence-electron chi connectivity index (χ0n) is 15.4. The minimum absolute atomic E-state index is 0.0428. The highest BCUT2D eigenvalue weighted by Crippen LogP contribution is 2.33. The first-order chi connectivity index (χ1) is 12.5. The highest BCUT2D eigenvalue weighted by molar-refractivity contribution is 6.15. The first kappa shape index (κ1) is 17.9. The minimum atomic E-state index is -0.543. The number of benzene rings is 1. The van der Waals surface area contributed by atoms with Gasteiger partial charge < -0.3 is 9.47 Å². The van der Waals surface area contributed by atoms with Gasteiger partial charge >= 0.3 is 11.9 Å². The number of fused-ring (bicyclic) bond motifs is 3. The Morgan fingerprint density at radius 3 is 2.27 bits per heavy atom. The number of ether oxygens (including phenoxy) is 2. The Labute approximate surface area is 151 Å². The van der Waals surface area contributed by atoms with Gasteiger partial charge in [-0.3, -0.25) is 0 Å². The summed E-state index contributed by atoms with van der Waals surface area (Å²) in [5, 5.41) is 6.22. The standard InChI is InChI=1S/C20H22N2O4/c1-5-25-19(23)15-16(20(24)26-6-2)18-14-10-8-7-9-13(14)11-21-22(18)17(15)12(3)4/h7-12H,5-6H2,1-4H3. The summed E-state index contributed by atoms with van der Waals surface area (Å²) >= 11 is 0. The van der Waals surface area contributed by atoms with E-state index in [1.54, 1.807) is 24.6 Å². The average Bonchev–Trinajstić information content (AvgIpc) is 2.98. The maximum atomic E-state index is 12.8. The van der Waals surface area contributed by atoms with Crippen molar-refractivity contribution in [3.63, 3.8) is 0 Å². The number of carbonyl (C=O) groups is 2. The lowest BCUT2D eigenvalue weighted by molar-refractivity contribution is 0.0480. The lowest BCUT2D eigenvalue weighted by Gasteiger charge is -2.09. The van der Waals surface area contributed by atoms with Crippen molar-refractivity contribution in [1.82, 2.24) is 9.61 Å². The largest absolute Gasteiger partial charge is 0.462 e. The van der Waals surface area contributed by atoms with E-state index in [1.165, 1.54) is 0 Å². The second kappa shape index (κ2) is 7.15. The fourth-order valence-corrected chi connectivity index (χ4v) is 3.24. The number of nitrogens with zero attached hydrogens (tertiary/aromatic N) is 2. The number of rotatable bonds is 5. The molecule has 3 aromatic rings. The number of hydrogen-bond acceptors (Lipinski definition) is 5. The van der Waals surface area contributed by atoms with Crippen LogP contribution in [0.1, 0.15) is 60.0 Å². The molecule has 0 saturated heterocycles. The van der Waals surface area contributed by atoms with E-state index >= 15 is 0 Å². The molecule has 0 N–H and O–H groups in total. The predicted octanol–water partition coefficient (Wildman–Crippen LogP) is 3.96. The normalized spacial score (nSPS) is 11.3. The molecule has 0 atom stereocenters. The molecule has 0 aliphatic heterocycles. The van der Waals surface area contributed by atoms with Gasteiger partial charge in [0.25, 0.3) is 0 Å². The van der Waals surface area contributed by atoms with Gasteiger partial charge in [-0.05, 0) is 19.8 Å². The first-order valence-corrected chi connectivity index (χ1v) is 8.77. The van der Waals surface area contributed by atoms with Gasteiger partial charge in [-0.15, -0.1) is 0 Å². The summed E-state index contributed by atoms with van der Waals surface area (Å²) in [6.45, 7) is 7.82. The van der Waals surface area contributed by atoms with Crippen molar-refractivity contribution in [3.05, 3.63) is 47.3 Å². The summed E-state index contributed by atoms with van der Waals surface area (Å²) in [6, 6.07) is 7.63. The van der Waals surface area contributed by atoms with Crippen LogP contribution in [0.25, 0.3) is 16.3 Å². The molecule has 3 rings (SSSR count). The van der Waals surface area contributed by atoms with Crippen LogP contribution in [-0.2, 0) is 9.47 Å². The molecule has 0 saturated carbocycles. The Hall–Kier alpha value is -2.89. The van der Waals surface area contributed by atoms with E-state index in [1.807, 2.05) is 38.1 Å². The van der Waals surface area contributed by atoms with Gasteiger partial charge in [0.15, 0.2) is 0 Å². The summed E-state index contributed by atoms with van der Waals surface area (Å²) in [6.07, 6.45) is 1.73. The number of esters is 2. The van der Waals surface area contributed by atoms with E-state index < -0.39 is 11.9 Å². The lowest BCUT2D eigenvalue weighted by atomic mass is 10.0. The molecule has 0 aliphatic carbocycles. The second-order valence-corrected chi connectivity index (χ2v) is 6.22. The van der Waals surface area contributed by atoms with Gasteiger partial charge in [0.1, 0.15) is 5.56 Å². The Kier molecular flexibility index (Phi) is 4.93. The monoisotopic (exact) mass is 354 g/mol. The third-order valence-electron chi connectivity index (χ3n) is 4.22. The molecule has 2 heterocycles. The van der Waals surface area contributed by atoms with E-state index in [2.05, 4.69) is 5.10 Å². The summed E-state index contributed by atoms with van der Waals surface area (Å²) in [4.78, 5) is 25.5. The van der Waals surface area contributed by atoms with Crippen LogP contribution in [0.15, 0.2) is 30.5 Å². The third-order valence-corrected chi connectivity index (χ3v) is 4.22. The van der Waals surface area contributed by atoms with Crippen molar-refractivity contribution in [2.45, 2.75) is 33.6 Å². The first-order valence-electron chi connectivity index (χ1n) is 8.77. The SMILES string of the molecule is CCOC(=O)c1c(C(=O)OCC)c2c3ccccc3cnn2c1C(C)C. The molecular weight excluding hydrogens is 332 g/mol. The van der Waals surface area contributed by atoms with Crippen LogP contribution in [0.5, 0.6) is 0 Å². The van der Waals surface area contributed by atoms with Crippen molar-refractivity contribution in [3.8, 4) is 0 Å². The summed E-state index contributed by atoms with van der Waals surface area (Å²) < 4.78 is 12.2. The summed E-state index contributed by atoms with van der Waals surface area (Å²) in [5.74, 6) is -1.12. The van der Waals surface area contributed by atoms with Gasteiger partial charge in [0.2, 0.25) is 0 Å². The minimum Gasteiger partial charge on any atom is -0.462 e. The smallest absolute Gasteiger partial charge is 0.341 e. The van der Waals surface area contributed by atoms with E-state index in [4.69, 9.17) is 9.47 Å². The molecule has 0 radical (unpaired) electrons. The number of carbonyl (C=O) groups excluding carboxylic acids is 2. The molecule has 136 valence electrons. The molecule has 0 spiro atoms. The van der Waals surface area contributed by atoms with Gasteiger partial charge in [-0.2, -0.15) is 5.10 Å². The number of aromatic nitrogens is 2. The molecule has 1 aromatic carbocycles. The zero-order valence-corrected chi connectivity index (χ0v) is 15.4. The van der Waals surface area contributed by atoms with Crippen LogP contribution in [0.2, 0.25) is 0 Å². The highest BCUT2D eigenvalue weighted by atomic mass is 16.5. The van der Waals surface area contributed by atoms with Crippen LogP contribution in [0, 0.1) is 0 Å². The maximum Gasteiger partial charge on any atom is 0.341 e. The van der Waals surface area contributed by atoms with Crippen molar-refractivity contribution >= 4 is 28.2 Å². The van der Waals surface area contributed by atoms with Crippen molar-refractivity contribution in [2.24, 2.45) is 0 Å². The van der Waals surface area contributed by atoms with Gasteiger partial charge in [0.05, 0.1) is 36.2 Å². The fraction of sp³-hybridized carbons (Fsp3) is 0.350. The van der Waals surface area contributed by atoms with E-state index in [-0.39, 0.29) is 30.3 Å². The highest BCUT2D eigenvalue weighted by Gasteiger charge is 2.32. The number of hydrogen-bond donors (Lipinski definition) is 0. The van der Waals surface area contributed by atoms with Crippen LogP contribution < -0.4 is 0 Å². The summed E-state index contributed by atoms with van der Waals surface area (Å²) in [7, 11) is 0. The maximum absolute atomic E-state index is 12.8. The molecule has 0 bridgehead atoms. The van der Waals surface area contributed by atoms with Crippen molar-refractivity contribution in [2.75, 3.05) is 13.2 Å². The molecule has 6 heteroatoms. The Bertz CT molecular complexity index is 988. The topological polar surface area (TPSA) is 69.9 Å². The van der Waals surface area contributed by atoms with Crippen LogP contribution in [-0.4, -0.2) is 34.8 Å². The van der Waals surface area contributed by atoms with Gasteiger partial charge in [-0.25, -0.2) is 14.1 Å².